The normalized spacial score (nSPS) is 16.6. The molecule has 0 aliphatic heterocycles. The summed E-state index contributed by atoms with van der Waals surface area (Å²) in [5.41, 5.74) is 2.20. The van der Waals surface area contributed by atoms with Gasteiger partial charge in [-0.15, -0.1) is 0 Å². The third-order valence-corrected chi connectivity index (χ3v) is 3.50. The van der Waals surface area contributed by atoms with Crippen LogP contribution in [0.15, 0.2) is 6.33 Å². The Balaban J connectivity index is 1.91. The van der Waals surface area contributed by atoms with E-state index in [4.69, 9.17) is 4.74 Å². The number of carbonyl (C=O) groups excluding carboxylic acids is 1. The zero-order chi connectivity index (χ0) is 13.1. The quantitative estimate of drug-likeness (QED) is 0.771. The minimum atomic E-state index is -0.204. The molecule has 0 bridgehead atoms. The van der Waals surface area contributed by atoms with Crippen LogP contribution in [0.5, 0.6) is 0 Å². The van der Waals surface area contributed by atoms with Gasteiger partial charge in [-0.25, -0.2) is 4.98 Å². The highest BCUT2D eigenvalue weighted by Gasteiger charge is 2.28. The van der Waals surface area contributed by atoms with E-state index in [2.05, 4.69) is 14.9 Å². The Labute approximate surface area is 108 Å². The first kappa shape index (κ1) is 13.1. The third kappa shape index (κ3) is 3.10. The number of aryl methyl sites for hydroxylation is 2. The molecule has 100 valence electrons. The molecule has 5 nitrogen and oxygen atoms in total. The molecule has 18 heavy (non-hydrogen) atoms. The number of aromatic nitrogens is 2. The molecule has 1 atom stereocenters. The van der Waals surface area contributed by atoms with Gasteiger partial charge in [-0.05, 0) is 33.1 Å². The molecule has 0 aromatic carbocycles. The van der Waals surface area contributed by atoms with Gasteiger partial charge in [0.25, 0.3) is 0 Å². The second kappa shape index (κ2) is 5.52. The van der Waals surface area contributed by atoms with E-state index in [1.54, 1.807) is 0 Å². The molecule has 0 saturated heterocycles. The summed E-state index contributed by atoms with van der Waals surface area (Å²) >= 11 is 0. The lowest BCUT2D eigenvalue weighted by atomic mass is 10.2. The van der Waals surface area contributed by atoms with Crippen molar-refractivity contribution >= 4 is 5.97 Å². The summed E-state index contributed by atoms with van der Waals surface area (Å²) in [6.07, 6.45) is 4.89. The minimum absolute atomic E-state index is 0.170. The van der Waals surface area contributed by atoms with E-state index in [-0.39, 0.29) is 12.0 Å². The summed E-state index contributed by atoms with van der Waals surface area (Å²) in [5.74, 6) is -0.170. The van der Waals surface area contributed by atoms with E-state index in [0.29, 0.717) is 6.04 Å². The Morgan fingerprint density at radius 2 is 2.33 bits per heavy atom. The second-order valence-corrected chi connectivity index (χ2v) is 4.91. The Kier molecular flexibility index (Phi) is 4.01. The molecule has 1 aliphatic rings. The summed E-state index contributed by atoms with van der Waals surface area (Å²) in [5, 5.41) is 3.33. The van der Waals surface area contributed by atoms with Crippen molar-refractivity contribution in [2.75, 3.05) is 7.11 Å². The number of nitrogens with zero attached hydrogens (tertiary/aromatic N) is 2. The summed E-state index contributed by atoms with van der Waals surface area (Å²) in [6, 6.07) is 0.296. The number of rotatable bonds is 6. The van der Waals surface area contributed by atoms with Crippen molar-refractivity contribution in [1.82, 2.24) is 14.9 Å². The maximum absolute atomic E-state index is 11.7. The van der Waals surface area contributed by atoms with Crippen molar-refractivity contribution in [2.24, 2.45) is 0 Å². The van der Waals surface area contributed by atoms with Crippen LogP contribution in [0.1, 0.15) is 30.7 Å². The number of carbonyl (C=O) groups is 1. The van der Waals surface area contributed by atoms with Crippen LogP contribution in [0.4, 0.5) is 0 Å². The van der Waals surface area contributed by atoms with Crippen molar-refractivity contribution < 1.29 is 9.53 Å². The Morgan fingerprint density at radius 3 is 2.83 bits per heavy atom. The van der Waals surface area contributed by atoms with Crippen molar-refractivity contribution in [1.29, 1.82) is 0 Å². The van der Waals surface area contributed by atoms with Gasteiger partial charge >= 0.3 is 5.97 Å². The molecule has 1 aromatic rings. The van der Waals surface area contributed by atoms with Gasteiger partial charge in [0, 0.05) is 18.3 Å². The van der Waals surface area contributed by atoms with Gasteiger partial charge in [0.1, 0.15) is 6.04 Å². The van der Waals surface area contributed by atoms with Gasteiger partial charge in [-0.1, -0.05) is 0 Å². The predicted octanol–water partition coefficient (Wildman–Crippen LogP) is 1.18. The van der Waals surface area contributed by atoms with Crippen molar-refractivity contribution in [3.8, 4) is 0 Å². The molecule has 2 rings (SSSR count). The van der Waals surface area contributed by atoms with Crippen LogP contribution in [0.3, 0.4) is 0 Å². The van der Waals surface area contributed by atoms with Gasteiger partial charge < -0.3 is 14.6 Å². The molecular formula is C13H21N3O2. The molecule has 0 amide bonds. The van der Waals surface area contributed by atoms with Crippen LogP contribution in [-0.2, 0) is 16.1 Å². The monoisotopic (exact) mass is 251 g/mol. The lowest BCUT2D eigenvalue weighted by molar-refractivity contribution is -0.143. The highest BCUT2D eigenvalue weighted by atomic mass is 16.5. The number of methoxy groups -OCH3 is 1. The SMILES string of the molecule is COC(=O)C(CCn1cnc(C)c1C)NC1CC1. The number of esters is 1. The molecule has 1 N–H and O–H groups in total. The largest absolute Gasteiger partial charge is 0.468 e. The lowest BCUT2D eigenvalue weighted by Crippen LogP contribution is -2.39. The molecule has 0 spiro atoms. The van der Waals surface area contributed by atoms with Gasteiger partial charge in [0.2, 0.25) is 0 Å². The summed E-state index contributed by atoms with van der Waals surface area (Å²) in [7, 11) is 1.44. The summed E-state index contributed by atoms with van der Waals surface area (Å²) < 4.78 is 6.92. The maximum atomic E-state index is 11.7. The van der Waals surface area contributed by atoms with Crippen LogP contribution < -0.4 is 5.32 Å². The average Bonchev–Trinajstić information content (AvgIpc) is 3.13. The number of ether oxygens (including phenoxy) is 1. The molecule has 1 aliphatic carbocycles. The van der Waals surface area contributed by atoms with E-state index in [1.165, 1.54) is 7.11 Å². The van der Waals surface area contributed by atoms with E-state index >= 15 is 0 Å². The highest BCUT2D eigenvalue weighted by molar-refractivity contribution is 5.75. The van der Waals surface area contributed by atoms with Gasteiger partial charge in [0.15, 0.2) is 0 Å². The molecular weight excluding hydrogens is 230 g/mol. The minimum Gasteiger partial charge on any atom is -0.468 e. The van der Waals surface area contributed by atoms with E-state index < -0.39 is 0 Å². The Bertz CT molecular complexity index is 424. The fourth-order valence-electron chi connectivity index (χ4n) is 1.98. The predicted molar refractivity (Wildman–Crippen MR) is 68.3 cm³/mol. The molecule has 1 heterocycles. The number of hydrogen-bond donors (Lipinski definition) is 1. The van der Waals surface area contributed by atoms with E-state index in [9.17, 15) is 4.79 Å². The van der Waals surface area contributed by atoms with Crippen LogP contribution in [-0.4, -0.2) is 34.7 Å². The van der Waals surface area contributed by atoms with Crippen molar-refractivity contribution in [3.63, 3.8) is 0 Å². The first-order chi connectivity index (χ1) is 8.61. The molecule has 1 saturated carbocycles. The molecule has 1 aromatic heterocycles. The third-order valence-electron chi connectivity index (χ3n) is 3.50. The van der Waals surface area contributed by atoms with Crippen LogP contribution in [0, 0.1) is 13.8 Å². The first-order valence-corrected chi connectivity index (χ1v) is 6.44. The molecule has 5 heteroatoms. The smallest absolute Gasteiger partial charge is 0.322 e. The Hall–Kier alpha value is -1.36. The number of nitrogens with one attached hydrogen (secondary N) is 1. The number of imidazole rings is 1. The maximum Gasteiger partial charge on any atom is 0.322 e. The van der Waals surface area contributed by atoms with Gasteiger partial charge in [0.05, 0.1) is 19.1 Å². The topological polar surface area (TPSA) is 56.2 Å². The summed E-state index contributed by atoms with van der Waals surface area (Å²) in [4.78, 5) is 15.9. The lowest BCUT2D eigenvalue weighted by Gasteiger charge is -2.16. The molecule has 1 unspecified atom stereocenters. The Morgan fingerprint density at radius 1 is 1.61 bits per heavy atom. The highest BCUT2D eigenvalue weighted by Crippen LogP contribution is 2.20. The molecule has 0 radical (unpaired) electrons. The number of hydrogen-bond acceptors (Lipinski definition) is 4. The fraction of sp³-hybridized carbons (Fsp3) is 0.692. The zero-order valence-electron chi connectivity index (χ0n) is 11.3. The van der Waals surface area contributed by atoms with Crippen LogP contribution in [0.25, 0.3) is 0 Å². The van der Waals surface area contributed by atoms with Gasteiger partial charge in [-0.2, -0.15) is 0 Å². The first-order valence-electron chi connectivity index (χ1n) is 6.44. The van der Waals surface area contributed by atoms with Gasteiger partial charge in [-0.3, -0.25) is 4.79 Å². The summed E-state index contributed by atoms with van der Waals surface area (Å²) in [6.45, 7) is 4.82. The van der Waals surface area contributed by atoms with E-state index in [0.717, 1.165) is 37.2 Å². The fourth-order valence-corrected chi connectivity index (χ4v) is 1.98. The van der Waals surface area contributed by atoms with Crippen molar-refractivity contribution in [3.05, 3.63) is 17.7 Å². The zero-order valence-corrected chi connectivity index (χ0v) is 11.3. The second-order valence-electron chi connectivity index (χ2n) is 4.91. The van der Waals surface area contributed by atoms with Crippen LogP contribution >= 0.6 is 0 Å². The standard InChI is InChI=1S/C13H21N3O2/c1-9-10(2)16(8-14-9)7-6-12(13(17)18-3)15-11-4-5-11/h8,11-12,15H,4-7H2,1-3H3. The average molecular weight is 251 g/mol. The van der Waals surface area contributed by atoms with Crippen molar-refractivity contribution in [2.45, 2.75) is 51.7 Å². The van der Waals surface area contributed by atoms with E-state index in [1.807, 2.05) is 20.2 Å². The van der Waals surface area contributed by atoms with Crippen LogP contribution in [0.2, 0.25) is 0 Å². The molecule has 1 fully saturated rings.